The highest BCUT2D eigenvalue weighted by Crippen LogP contribution is 2.37. The number of rotatable bonds is 6. The minimum atomic E-state index is -1.72. The number of carbonyl (C=O) groups excluding carboxylic acids is 2. The maximum Gasteiger partial charge on any atom is 0.338 e. The van der Waals surface area contributed by atoms with Crippen molar-refractivity contribution in [2.45, 2.75) is 30.7 Å². The number of phenolic OH excluding ortho intramolecular Hbond substituents is 6. The molecule has 0 saturated carbocycles. The van der Waals surface area contributed by atoms with Crippen LogP contribution in [0, 0.1) is 0 Å². The Kier molecular flexibility index (Phi) is 7.40. The molecule has 0 aromatic heterocycles. The van der Waals surface area contributed by atoms with E-state index < -0.39 is 89.3 Å². The predicted octanol–water partition coefficient (Wildman–Crippen LogP) is -0.604. The molecule has 14 nitrogen and oxygen atoms in total. The highest BCUT2D eigenvalue weighted by molar-refractivity contribution is 5.92. The molecule has 1 heterocycles. The molecular weight excluding hydrogens is 476 g/mol. The van der Waals surface area contributed by atoms with E-state index in [2.05, 4.69) is 0 Å². The molecule has 5 atom stereocenters. The van der Waals surface area contributed by atoms with E-state index in [1.807, 2.05) is 0 Å². The van der Waals surface area contributed by atoms with Crippen molar-refractivity contribution in [2.75, 3.05) is 13.7 Å². The summed E-state index contributed by atoms with van der Waals surface area (Å²) in [6, 6.07) is 3.19. The summed E-state index contributed by atoms with van der Waals surface area (Å²) >= 11 is 0. The third kappa shape index (κ3) is 5.25. The van der Waals surface area contributed by atoms with Gasteiger partial charge in [-0.25, -0.2) is 9.59 Å². The molecule has 1 aliphatic heterocycles. The first-order valence-corrected chi connectivity index (χ1v) is 9.87. The second-order valence-corrected chi connectivity index (χ2v) is 7.45. The van der Waals surface area contributed by atoms with Gasteiger partial charge in [-0.1, -0.05) is 0 Å². The molecule has 0 unspecified atom stereocenters. The second kappa shape index (κ2) is 10.1. The largest absolute Gasteiger partial charge is 0.504 e. The lowest BCUT2D eigenvalue weighted by molar-refractivity contribution is -0.290. The first-order valence-electron chi connectivity index (χ1n) is 9.87. The van der Waals surface area contributed by atoms with Gasteiger partial charge in [0.1, 0.15) is 24.9 Å². The summed E-state index contributed by atoms with van der Waals surface area (Å²) in [4.78, 5) is 24.9. The minimum Gasteiger partial charge on any atom is -0.504 e. The van der Waals surface area contributed by atoms with Crippen LogP contribution in [0.3, 0.4) is 0 Å². The van der Waals surface area contributed by atoms with Gasteiger partial charge in [-0.15, -0.1) is 0 Å². The first-order chi connectivity index (χ1) is 16.4. The number of hydrogen-bond acceptors (Lipinski definition) is 14. The molecule has 0 aliphatic carbocycles. The Morgan fingerprint density at radius 2 is 1.26 bits per heavy atom. The van der Waals surface area contributed by atoms with Crippen molar-refractivity contribution in [1.82, 2.24) is 0 Å². The lowest BCUT2D eigenvalue weighted by Gasteiger charge is -2.41. The topological polar surface area (TPSA) is 233 Å². The molecule has 2 aromatic rings. The monoisotopic (exact) mass is 498 g/mol. The summed E-state index contributed by atoms with van der Waals surface area (Å²) in [5, 5.41) is 77.8. The minimum absolute atomic E-state index is 0.368. The fraction of sp³-hybridized carbons (Fsp3) is 0.333. The highest BCUT2D eigenvalue weighted by Gasteiger charge is 2.48. The molecule has 1 saturated heterocycles. The Labute approximate surface area is 196 Å². The van der Waals surface area contributed by atoms with Gasteiger partial charge in [0.05, 0.1) is 11.1 Å². The van der Waals surface area contributed by atoms with Gasteiger partial charge in [-0.2, -0.15) is 0 Å². The maximum atomic E-state index is 12.6. The summed E-state index contributed by atoms with van der Waals surface area (Å²) in [7, 11) is 1.14. The van der Waals surface area contributed by atoms with Crippen molar-refractivity contribution < 1.29 is 69.4 Å². The molecule has 0 amide bonds. The number of hydrogen-bond donors (Lipinski definition) is 8. The summed E-state index contributed by atoms with van der Waals surface area (Å²) in [5.41, 5.74) is -0.788. The summed E-state index contributed by atoms with van der Waals surface area (Å²) < 4.78 is 20.4. The van der Waals surface area contributed by atoms with E-state index in [1.54, 1.807) is 0 Å². The Morgan fingerprint density at radius 1 is 0.800 bits per heavy atom. The van der Waals surface area contributed by atoms with Crippen LogP contribution in [0.1, 0.15) is 20.7 Å². The smallest absolute Gasteiger partial charge is 0.338 e. The zero-order valence-electron chi connectivity index (χ0n) is 17.9. The van der Waals surface area contributed by atoms with Crippen LogP contribution in [0.5, 0.6) is 34.5 Å². The van der Waals surface area contributed by atoms with Crippen LogP contribution in [0.25, 0.3) is 0 Å². The van der Waals surface area contributed by atoms with Crippen LogP contribution >= 0.6 is 0 Å². The first kappa shape index (κ1) is 25.6. The van der Waals surface area contributed by atoms with Crippen molar-refractivity contribution >= 4 is 11.9 Å². The number of aliphatic hydroxyl groups excluding tert-OH is 2. The number of aromatic hydroxyl groups is 6. The van der Waals surface area contributed by atoms with E-state index in [-0.39, 0.29) is 5.56 Å². The molecule has 3 rings (SSSR count). The highest BCUT2D eigenvalue weighted by atomic mass is 16.7. The predicted molar refractivity (Wildman–Crippen MR) is 110 cm³/mol. The van der Waals surface area contributed by atoms with Crippen molar-refractivity contribution in [3.8, 4) is 34.5 Å². The van der Waals surface area contributed by atoms with Crippen LogP contribution in [-0.4, -0.2) is 97.2 Å². The molecule has 8 N–H and O–H groups in total. The molecule has 1 fully saturated rings. The Bertz CT molecular complexity index is 1070. The van der Waals surface area contributed by atoms with E-state index in [1.165, 1.54) is 0 Å². The number of benzene rings is 2. The van der Waals surface area contributed by atoms with Crippen LogP contribution in [0.2, 0.25) is 0 Å². The third-order valence-corrected chi connectivity index (χ3v) is 5.14. The second-order valence-electron chi connectivity index (χ2n) is 7.45. The van der Waals surface area contributed by atoms with Crippen molar-refractivity contribution in [3.05, 3.63) is 35.4 Å². The normalized spacial score (nSPS) is 24.0. The average molecular weight is 498 g/mol. The lowest BCUT2D eigenvalue weighted by Crippen LogP contribution is -2.60. The zero-order chi connectivity index (χ0) is 26.0. The van der Waals surface area contributed by atoms with Crippen LogP contribution in [-0.2, 0) is 18.9 Å². The number of methoxy groups -OCH3 is 1. The maximum absolute atomic E-state index is 12.6. The van der Waals surface area contributed by atoms with Gasteiger partial charge < -0.3 is 59.8 Å². The van der Waals surface area contributed by atoms with Gasteiger partial charge in [0.15, 0.2) is 46.9 Å². The molecule has 0 radical (unpaired) electrons. The van der Waals surface area contributed by atoms with E-state index in [0.29, 0.717) is 0 Å². The SMILES string of the molecule is CO[C@@H]1[C@@H](O)[C@H](OC(=O)c2cc(O)c(O)c(O)c2)[C@@H](COC(=O)c2cc(O)c(O)c(O)c2)O[C@H]1O. The summed E-state index contributed by atoms with van der Waals surface area (Å²) in [5.74, 6) is -7.29. The van der Waals surface area contributed by atoms with Gasteiger partial charge in [0.2, 0.25) is 0 Å². The zero-order valence-corrected chi connectivity index (χ0v) is 17.9. The van der Waals surface area contributed by atoms with E-state index >= 15 is 0 Å². The van der Waals surface area contributed by atoms with Crippen LogP contribution in [0.4, 0.5) is 0 Å². The van der Waals surface area contributed by atoms with E-state index in [0.717, 1.165) is 31.4 Å². The number of aliphatic hydroxyl groups is 2. The van der Waals surface area contributed by atoms with Gasteiger partial charge >= 0.3 is 11.9 Å². The van der Waals surface area contributed by atoms with E-state index in [4.69, 9.17) is 18.9 Å². The molecule has 2 aromatic carbocycles. The van der Waals surface area contributed by atoms with Gasteiger partial charge in [0.25, 0.3) is 0 Å². The molecule has 14 heteroatoms. The van der Waals surface area contributed by atoms with Crippen molar-refractivity contribution in [2.24, 2.45) is 0 Å². The fourth-order valence-corrected chi connectivity index (χ4v) is 3.32. The van der Waals surface area contributed by atoms with Gasteiger partial charge in [-0.3, -0.25) is 0 Å². The summed E-state index contributed by atoms with van der Waals surface area (Å²) in [6.07, 6.45) is -7.87. The standard InChI is InChI=1S/C21H22O14/c1-32-18-16(28)17(35-20(30)8-4-11(24)15(27)12(25)5-8)13(34-21(18)31)6-33-19(29)7-2-9(22)14(26)10(23)3-7/h2-5,13,16-18,21-28,31H,6H2,1H3/t13-,16+,17-,18-,21-/m1/s1. The van der Waals surface area contributed by atoms with E-state index in [9.17, 15) is 50.4 Å². The quantitative estimate of drug-likeness (QED) is 0.183. The number of ether oxygens (including phenoxy) is 4. The number of carbonyl (C=O) groups is 2. The Balaban J connectivity index is 1.80. The number of esters is 2. The molecule has 1 aliphatic rings. The van der Waals surface area contributed by atoms with Crippen molar-refractivity contribution in [3.63, 3.8) is 0 Å². The Morgan fingerprint density at radius 3 is 1.71 bits per heavy atom. The van der Waals surface area contributed by atoms with Crippen LogP contribution in [0.15, 0.2) is 24.3 Å². The average Bonchev–Trinajstić information content (AvgIpc) is 2.80. The Hall–Kier alpha value is -3.98. The third-order valence-electron chi connectivity index (χ3n) is 5.14. The van der Waals surface area contributed by atoms with Gasteiger partial charge in [0, 0.05) is 7.11 Å². The summed E-state index contributed by atoms with van der Waals surface area (Å²) in [6.45, 7) is -0.712. The molecular formula is C21H22O14. The lowest BCUT2D eigenvalue weighted by atomic mass is 9.98. The van der Waals surface area contributed by atoms with Gasteiger partial charge in [-0.05, 0) is 24.3 Å². The number of phenols is 6. The van der Waals surface area contributed by atoms with Crippen LogP contribution < -0.4 is 0 Å². The molecule has 0 bridgehead atoms. The molecule has 190 valence electrons. The fourth-order valence-electron chi connectivity index (χ4n) is 3.32. The van der Waals surface area contributed by atoms with Crippen molar-refractivity contribution in [1.29, 1.82) is 0 Å². The molecule has 0 spiro atoms. The molecule has 35 heavy (non-hydrogen) atoms.